The number of amides is 4. The first kappa shape index (κ1) is 47.9. The van der Waals surface area contributed by atoms with Gasteiger partial charge >= 0.3 is 0 Å². The molecule has 348 valence electrons. The molecule has 8 aromatic rings. The first-order chi connectivity index (χ1) is 33.3. The summed E-state index contributed by atoms with van der Waals surface area (Å²) < 4.78 is 0. The standard InChI is InChI=1S/C26H25N7O2.C25H24N6O2S/c1-33(2)26(35)18-6-8-20(9-7-18)32-24-13-22(21(15-31-24)25(27)34)30-14-17-4-3-5-19(12-17)23-16-28-10-11-29-23;1-31(2)25(33)17-6-8-19(9-7-17)30-23-11-21(20(13-28-23)24(26)32)27-12-16-4-3-5-18(10-16)22-14-34-15-29-22/h3-13,15-16H,14H2,1-2H3,(H2,27,34)(H2,30,31,32);3-11,13-15H,12H2,1-2H3,(H2,26,32)(H2,27,28,30). The molecular formula is C51H49N13O4S. The zero-order valence-electron chi connectivity index (χ0n) is 38.2. The summed E-state index contributed by atoms with van der Waals surface area (Å²) in [5.74, 6) is -0.222. The van der Waals surface area contributed by atoms with Crippen LogP contribution in [0.4, 0.5) is 34.4 Å². The summed E-state index contributed by atoms with van der Waals surface area (Å²) in [6, 6.07) is 33.6. The van der Waals surface area contributed by atoms with E-state index in [4.69, 9.17) is 11.5 Å². The van der Waals surface area contributed by atoms with E-state index in [-0.39, 0.29) is 17.4 Å². The van der Waals surface area contributed by atoms with E-state index in [1.54, 1.807) is 124 Å². The molecule has 18 heteroatoms. The van der Waals surface area contributed by atoms with Crippen LogP contribution >= 0.6 is 11.3 Å². The maximum atomic E-state index is 12.1. The number of hydrogen-bond donors (Lipinski definition) is 6. The van der Waals surface area contributed by atoms with Gasteiger partial charge in [0.1, 0.15) is 11.6 Å². The lowest BCUT2D eigenvalue weighted by Gasteiger charge is -2.14. The summed E-state index contributed by atoms with van der Waals surface area (Å²) in [5.41, 5.74) is 23.1. The summed E-state index contributed by atoms with van der Waals surface area (Å²) in [5, 5.41) is 15.0. The number of nitrogens with zero attached hydrogens (tertiary/aromatic N) is 7. The molecular weight excluding hydrogens is 891 g/mol. The highest BCUT2D eigenvalue weighted by molar-refractivity contribution is 7.07. The van der Waals surface area contributed by atoms with Gasteiger partial charge < -0.3 is 42.5 Å². The summed E-state index contributed by atoms with van der Waals surface area (Å²) in [6.07, 6.45) is 7.88. The molecule has 0 aliphatic rings. The maximum absolute atomic E-state index is 12.1. The molecule has 8 N–H and O–H groups in total. The summed E-state index contributed by atoms with van der Waals surface area (Å²) in [7, 11) is 6.84. The second-order valence-electron chi connectivity index (χ2n) is 15.8. The number of thiazole rings is 1. The molecule has 0 atom stereocenters. The molecule has 0 aliphatic heterocycles. The van der Waals surface area contributed by atoms with Gasteiger partial charge in [0.2, 0.25) is 0 Å². The molecule has 0 aliphatic carbocycles. The second kappa shape index (κ2) is 22.4. The average Bonchev–Trinajstić information content (AvgIpc) is 3.91. The van der Waals surface area contributed by atoms with Crippen molar-refractivity contribution in [2.75, 3.05) is 49.5 Å². The van der Waals surface area contributed by atoms with Crippen molar-refractivity contribution in [2.45, 2.75) is 13.1 Å². The van der Waals surface area contributed by atoms with E-state index in [2.05, 4.69) is 52.3 Å². The largest absolute Gasteiger partial charge is 0.380 e. The zero-order chi connectivity index (χ0) is 48.9. The molecule has 0 bridgehead atoms. The number of anilines is 6. The van der Waals surface area contributed by atoms with Gasteiger partial charge in [-0.3, -0.25) is 29.1 Å². The van der Waals surface area contributed by atoms with E-state index < -0.39 is 11.8 Å². The van der Waals surface area contributed by atoms with Crippen LogP contribution in [0.2, 0.25) is 0 Å². The van der Waals surface area contributed by atoms with Gasteiger partial charge in [0.15, 0.2) is 0 Å². The Balaban J connectivity index is 0.000000204. The number of rotatable bonds is 16. The van der Waals surface area contributed by atoms with Crippen LogP contribution in [-0.2, 0) is 13.1 Å². The Morgan fingerprint density at radius 1 is 0.551 bits per heavy atom. The van der Waals surface area contributed by atoms with E-state index in [0.29, 0.717) is 52.8 Å². The third-order valence-corrected chi connectivity index (χ3v) is 11.0. The number of aromatic nitrogens is 5. The van der Waals surface area contributed by atoms with Crippen LogP contribution in [0.1, 0.15) is 52.6 Å². The molecule has 4 aromatic carbocycles. The number of hydrogen-bond acceptors (Lipinski definition) is 14. The zero-order valence-corrected chi connectivity index (χ0v) is 39.0. The van der Waals surface area contributed by atoms with E-state index in [1.807, 2.05) is 47.8 Å². The number of benzene rings is 4. The van der Waals surface area contributed by atoms with Crippen molar-refractivity contribution in [3.05, 3.63) is 184 Å². The fourth-order valence-corrected chi connectivity index (χ4v) is 7.38. The van der Waals surface area contributed by atoms with Crippen molar-refractivity contribution >= 4 is 69.4 Å². The van der Waals surface area contributed by atoms with Crippen molar-refractivity contribution in [3.63, 3.8) is 0 Å². The van der Waals surface area contributed by atoms with Gasteiger partial charge in [0.25, 0.3) is 23.6 Å². The molecule has 0 radical (unpaired) electrons. The predicted octanol–water partition coefficient (Wildman–Crippen LogP) is 8.06. The molecule has 4 heterocycles. The molecule has 0 saturated carbocycles. The van der Waals surface area contributed by atoms with Crippen molar-refractivity contribution in [2.24, 2.45) is 11.5 Å². The van der Waals surface area contributed by atoms with Crippen LogP contribution in [0.15, 0.2) is 151 Å². The molecule has 0 fully saturated rings. The highest BCUT2D eigenvalue weighted by Gasteiger charge is 2.15. The highest BCUT2D eigenvalue weighted by atomic mass is 32.1. The van der Waals surface area contributed by atoms with Gasteiger partial charge in [-0.1, -0.05) is 36.4 Å². The van der Waals surface area contributed by atoms with E-state index in [9.17, 15) is 19.2 Å². The van der Waals surface area contributed by atoms with Crippen LogP contribution in [-0.4, -0.2) is 86.5 Å². The van der Waals surface area contributed by atoms with E-state index >= 15 is 0 Å². The predicted molar refractivity (Wildman–Crippen MR) is 271 cm³/mol. The molecule has 17 nitrogen and oxygen atoms in total. The summed E-state index contributed by atoms with van der Waals surface area (Å²) >= 11 is 1.55. The van der Waals surface area contributed by atoms with Gasteiger partial charge in [-0.05, 0) is 71.8 Å². The van der Waals surface area contributed by atoms with E-state index in [0.717, 1.165) is 45.0 Å². The minimum absolute atomic E-state index is 0.0687. The Bertz CT molecular complexity index is 3060. The van der Waals surface area contributed by atoms with Gasteiger partial charge in [0, 0.05) is 117 Å². The first-order valence-corrected chi connectivity index (χ1v) is 22.3. The third-order valence-electron chi connectivity index (χ3n) is 10.4. The second-order valence-corrected chi connectivity index (χ2v) is 16.6. The molecule has 0 spiro atoms. The Hall–Kier alpha value is -9.03. The monoisotopic (exact) mass is 939 g/mol. The summed E-state index contributed by atoms with van der Waals surface area (Å²) in [6.45, 7) is 0.947. The maximum Gasteiger partial charge on any atom is 0.253 e. The van der Waals surface area contributed by atoms with Gasteiger partial charge in [-0.25, -0.2) is 15.0 Å². The first-order valence-electron chi connectivity index (χ1n) is 21.4. The molecule has 8 rings (SSSR count). The number of pyridine rings is 2. The molecule has 4 aromatic heterocycles. The number of primary amides is 2. The minimum Gasteiger partial charge on any atom is -0.380 e. The highest BCUT2D eigenvalue weighted by Crippen LogP contribution is 2.26. The van der Waals surface area contributed by atoms with Crippen molar-refractivity contribution in [3.8, 4) is 22.5 Å². The van der Waals surface area contributed by atoms with Gasteiger partial charge in [-0.15, -0.1) is 11.3 Å². The molecule has 0 saturated heterocycles. The number of carbonyl (C=O) groups is 4. The number of nitrogens with two attached hydrogens (primary N) is 2. The molecule has 4 amide bonds. The number of nitrogens with one attached hydrogen (secondary N) is 4. The van der Waals surface area contributed by atoms with Gasteiger partial charge in [-0.2, -0.15) is 0 Å². The van der Waals surface area contributed by atoms with Crippen LogP contribution in [0.5, 0.6) is 0 Å². The Labute approximate surface area is 402 Å². The quantitative estimate of drug-likeness (QED) is 0.0538. The SMILES string of the molecule is CN(C)C(=O)c1ccc(Nc2cc(NCc3cccc(-c4cnccn4)c3)c(C(N)=O)cn2)cc1.CN(C)C(=O)c1ccc(Nc2cc(NCc3cccc(-c4cscn4)c3)c(C(N)=O)cn2)cc1. The number of carbonyl (C=O) groups excluding carboxylic acids is 4. The van der Waals surface area contributed by atoms with Crippen LogP contribution in [0, 0.1) is 0 Å². The third kappa shape index (κ3) is 12.9. The van der Waals surface area contributed by atoms with Crippen LogP contribution in [0.3, 0.4) is 0 Å². The Morgan fingerprint density at radius 2 is 1.03 bits per heavy atom. The Kier molecular flexibility index (Phi) is 15.6. The van der Waals surface area contributed by atoms with Crippen LogP contribution in [0.25, 0.3) is 22.5 Å². The fourth-order valence-electron chi connectivity index (χ4n) is 6.82. The topological polar surface area (TPSA) is 239 Å². The molecule has 0 unspecified atom stereocenters. The lowest BCUT2D eigenvalue weighted by Crippen LogP contribution is -2.21. The van der Waals surface area contributed by atoms with E-state index in [1.165, 1.54) is 22.2 Å². The normalized spacial score (nSPS) is 10.5. The van der Waals surface area contributed by atoms with Crippen molar-refractivity contribution in [1.29, 1.82) is 0 Å². The van der Waals surface area contributed by atoms with Crippen LogP contribution < -0.4 is 32.7 Å². The molecule has 69 heavy (non-hydrogen) atoms. The summed E-state index contributed by atoms with van der Waals surface area (Å²) in [4.78, 5) is 72.6. The lowest BCUT2D eigenvalue weighted by molar-refractivity contribution is 0.0820. The Morgan fingerprint density at radius 3 is 1.43 bits per heavy atom. The van der Waals surface area contributed by atoms with Gasteiger partial charge in [0.05, 0.1) is 45.6 Å². The van der Waals surface area contributed by atoms with Crippen molar-refractivity contribution in [1.82, 2.24) is 34.7 Å². The van der Waals surface area contributed by atoms with Crippen molar-refractivity contribution < 1.29 is 19.2 Å². The average molecular weight is 940 g/mol. The minimum atomic E-state index is -0.577. The fraction of sp³-hybridized carbons (Fsp3) is 0.118. The smallest absolute Gasteiger partial charge is 0.253 e. The lowest BCUT2D eigenvalue weighted by atomic mass is 10.1.